The number of amides is 2. The molecule has 0 spiro atoms. The van der Waals surface area contributed by atoms with Gasteiger partial charge in [0.05, 0.1) is 25.3 Å². The number of carbonyl (C=O) groups excluding carboxylic acids is 2. The van der Waals surface area contributed by atoms with E-state index in [9.17, 15) is 40.2 Å². The van der Waals surface area contributed by atoms with Crippen LogP contribution in [0.2, 0.25) is 0 Å². The molecule has 0 aromatic heterocycles. The smallest absolute Gasteiger partial charge is 0.251 e. The van der Waals surface area contributed by atoms with Gasteiger partial charge in [-0.15, -0.1) is 0 Å². The molecule has 0 saturated carbocycles. The molecule has 8 N–H and O–H groups in total. The minimum absolute atomic E-state index is 0.296. The van der Waals surface area contributed by atoms with Crippen molar-refractivity contribution in [3.8, 4) is 0 Å². The first kappa shape index (κ1) is 31.3. The predicted molar refractivity (Wildman–Crippen MR) is 148 cm³/mol. The first-order chi connectivity index (χ1) is 19.5. The van der Waals surface area contributed by atoms with Gasteiger partial charge < -0.3 is 50.7 Å². The number of aliphatic hydroxyl groups is 6. The largest absolute Gasteiger partial charge is 0.394 e. The molecule has 0 radical (unpaired) electrons. The van der Waals surface area contributed by atoms with E-state index in [2.05, 4.69) is 10.6 Å². The fraction of sp³-hybridized carbons (Fsp3) is 0.500. The van der Waals surface area contributed by atoms with Crippen molar-refractivity contribution in [3.63, 3.8) is 0 Å². The zero-order chi connectivity index (χ0) is 29.8. The summed E-state index contributed by atoms with van der Waals surface area (Å²) in [6, 6.07) is 10.8. The number of carbonyl (C=O) groups is 2. The predicted octanol–water partition coefficient (Wildman–Crippen LogP) is -1.19. The van der Waals surface area contributed by atoms with Crippen molar-refractivity contribution in [2.75, 3.05) is 13.2 Å². The summed E-state index contributed by atoms with van der Waals surface area (Å²) in [5, 5.41) is 68.5. The Bertz CT molecular complexity index is 1090. The Kier molecular flexibility index (Phi) is 10.4. The lowest BCUT2D eigenvalue weighted by Gasteiger charge is -2.46. The first-order valence-corrected chi connectivity index (χ1v) is 14.1. The first-order valence-electron chi connectivity index (χ1n) is 13.2. The number of thioether (sulfide) groups is 1. The second-order valence-corrected chi connectivity index (χ2v) is 11.5. The van der Waals surface area contributed by atoms with Crippen LogP contribution >= 0.6 is 11.8 Å². The minimum Gasteiger partial charge on any atom is -0.394 e. The highest BCUT2D eigenvalue weighted by Gasteiger charge is 2.50. The number of ether oxygens (including phenoxy) is 2. The molecule has 2 heterocycles. The van der Waals surface area contributed by atoms with Crippen LogP contribution in [-0.2, 0) is 9.47 Å². The molecule has 2 aromatic carbocycles. The maximum atomic E-state index is 12.9. The molecule has 224 valence electrons. The number of aliphatic hydroxyl groups excluding tert-OH is 6. The Morgan fingerprint density at radius 1 is 0.659 bits per heavy atom. The van der Waals surface area contributed by atoms with E-state index in [0.29, 0.717) is 11.1 Å². The SMILES string of the molecule is Cc1ccc(C(=O)N[C@H]2[C@@H](O)[C@@H](CO)O[C@@H](S[C@@H]3O[C@H](CO)[C@H](O)[C@H](NC(=O)c4ccc(C)cc4)[C@H]3O)[C@@H]2O)cc1. The highest BCUT2D eigenvalue weighted by atomic mass is 32.2. The summed E-state index contributed by atoms with van der Waals surface area (Å²) in [6.07, 6.45) is -8.38. The maximum absolute atomic E-state index is 12.9. The van der Waals surface area contributed by atoms with E-state index >= 15 is 0 Å². The summed E-state index contributed by atoms with van der Waals surface area (Å²) < 4.78 is 11.4. The summed E-state index contributed by atoms with van der Waals surface area (Å²) in [5.41, 5.74) is 0.00178. The number of hydrogen-bond donors (Lipinski definition) is 8. The van der Waals surface area contributed by atoms with Crippen LogP contribution < -0.4 is 10.6 Å². The van der Waals surface area contributed by atoms with Crippen molar-refractivity contribution in [2.45, 2.75) is 73.4 Å². The number of hydrogen-bond acceptors (Lipinski definition) is 11. The topological polar surface area (TPSA) is 198 Å². The molecule has 13 heteroatoms. The summed E-state index contributed by atoms with van der Waals surface area (Å²) in [5.74, 6) is -1.13. The minimum atomic E-state index is -1.52. The lowest BCUT2D eigenvalue weighted by molar-refractivity contribution is -0.175. The van der Waals surface area contributed by atoms with E-state index in [-0.39, 0.29) is 0 Å². The highest BCUT2D eigenvalue weighted by molar-refractivity contribution is 8.00. The fourth-order valence-electron chi connectivity index (χ4n) is 4.75. The molecule has 0 unspecified atom stereocenters. The second kappa shape index (κ2) is 13.6. The van der Waals surface area contributed by atoms with Gasteiger partial charge >= 0.3 is 0 Å². The van der Waals surface area contributed by atoms with Gasteiger partial charge in [-0.3, -0.25) is 9.59 Å². The van der Waals surface area contributed by atoms with Gasteiger partial charge in [-0.25, -0.2) is 0 Å². The van der Waals surface area contributed by atoms with Gasteiger partial charge in [-0.05, 0) is 38.1 Å². The third-order valence-electron chi connectivity index (χ3n) is 7.26. The Balaban J connectivity index is 1.50. The molecule has 0 bridgehead atoms. The third-order valence-corrected chi connectivity index (χ3v) is 8.58. The van der Waals surface area contributed by atoms with Gasteiger partial charge in [0, 0.05) is 11.1 Å². The molecule has 2 saturated heterocycles. The third kappa shape index (κ3) is 7.08. The fourth-order valence-corrected chi connectivity index (χ4v) is 6.09. The molecule has 2 amide bonds. The van der Waals surface area contributed by atoms with Crippen LogP contribution in [0, 0.1) is 13.8 Å². The van der Waals surface area contributed by atoms with Gasteiger partial charge in [-0.2, -0.15) is 0 Å². The van der Waals surface area contributed by atoms with Crippen LogP contribution in [0.4, 0.5) is 0 Å². The highest BCUT2D eigenvalue weighted by Crippen LogP contribution is 2.36. The Hall–Kier alpha value is -2.59. The number of rotatable bonds is 8. The number of nitrogens with one attached hydrogen (secondary N) is 2. The molecule has 0 aliphatic carbocycles. The molecule has 4 rings (SSSR count). The van der Waals surface area contributed by atoms with E-state index in [1.165, 1.54) is 0 Å². The molecule has 41 heavy (non-hydrogen) atoms. The summed E-state index contributed by atoms with van der Waals surface area (Å²) in [4.78, 5) is 25.7. The van der Waals surface area contributed by atoms with Gasteiger partial charge in [0.15, 0.2) is 0 Å². The van der Waals surface area contributed by atoms with Gasteiger partial charge in [0.1, 0.15) is 47.5 Å². The van der Waals surface area contributed by atoms with E-state index in [1.807, 2.05) is 13.8 Å². The van der Waals surface area contributed by atoms with E-state index in [4.69, 9.17) is 9.47 Å². The standard InChI is InChI=1S/C28H36N2O10S/c1-13-3-7-15(8-4-13)25(37)29-19-21(33)17(11-31)39-27(23(19)35)41-28-24(36)20(22(34)18(12-32)40-28)30-26(38)16-9-5-14(2)6-10-16/h3-10,17-24,27-28,31-36H,11-12H2,1-2H3,(H,29,37)(H,30,38)/t17-,18-,19+,20+,21+,22+,23-,24-,27+,28+/m1/s1. The second-order valence-electron chi connectivity index (χ2n) is 10.3. The van der Waals surface area contributed by atoms with E-state index in [1.54, 1.807) is 48.5 Å². The average molecular weight is 593 g/mol. The van der Waals surface area contributed by atoms with Crippen molar-refractivity contribution < 1.29 is 49.7 Å². The summed E-state index contributed by atoms with van der Waals surface area (Å²) in [7, 11) is 0. The van der Waals surface area contributed by atoms with Crippen LogP contribution in [0.25, 0.3) is 0 Å². The Morgan fingerprint density at radius 2 is 1.00 bits per heavy atom. The van der Waals surface area contributed by atoms with Crippen LogP contribution in [0.1, 0.15) is 31.8 Å². The van der Waals surface area contributed by atoms with Crippen molar-refractivity contribution >= 4 is 23.6 Å². The lowest BCUT2D eigenvalue weighted by Crippen LogP contribution is -2.66. The normalized spacial score (nSPS) is 33.7. The quantitative estimate of drug-likeness (QED) is 0.183. The van der Waals surface area contributed by atoms with Crippen LogP contribution in [-0.4, -0.2) is 115 Å². The number of aryl methyl sites for hydroxylation is 2. The molecule has 12 nitrogen and oxygen atoms in total. The molecule has 10 atom stereocenters. The van der Waals surface area contributed by atoms with E-state index < -0.39 is 84.6 Å². The van der Waals surface area contributed by atoms with Crippen molar-refractivity contribution in [3.05, 3.63) is 70.8 Å². The molecule has 2 aliphatic heterocycles. The van der Waals surface area contributed by atoms with Crippen molar-refractivity contribution in [2.24, 2.45) is 0 Å². The van der Waals surface area contributed by atoms with Crippen molar-refractivity contribution in [1.29, 1.82) is 0 Å². The Morgan fingerprint density at radius 3 is 1.32 bits per heavy atom. The van der Waals surface area contributed by atoms with Crippen molar-refractivity contribution in [1.82, 2.24) is 10.6 Å². The maximum Gasteiger partial charge on any atom is 0.251 e. The molecular weight excluding hydrogens is 556 g/mol. The van der Waals surface area contributed by atoms with Gasteiger partial charge in [0.25, 0.3) is 11.8 Å². The van der Waals surface area contributed by atoms with Crippen LogP contribution in [0.3, 0.4) is 0 Å². The molecule has 2 aliphatic rings. The monoisotopic (exact) mass is 592 g/mol. The van der Waals surface area contributed by atoms with Gasteiger partial charge in [-0.1, -0.05) is 47.2 Å². The Labute approximate surface area is 241 Å². The summed E-state index contributed by atoms with van der Waals surface area (Å²) in [6.45, 7) is 2.45. The molecule has 2 aromatic rings. The van der Waals surface area contributed by atoms with E-state index in [0.717, 1.165) is 22.9 Å². The molecular formula is C28H36N2O10S. The number of benzene rings is 2. The van der Waals surface area contributed by atoms with Gasteiger partial charge in [0.2, 0.25) is 0 Å². The average Bonchev–Trinajstić information content (AvgIpc) is 2.96. The lowest BCUT2D eigenvalue weighted by atomic mass is 9.96. The zero-order valence-electron chi connectivity index (χ0n) is 22.5. The summed E-state index contributed by atoms with van der Waals surface area (Å²) >= 11 is 0.766. The zero-order valence-corrected chi connectivity index (χ0v) is 23.3. The molecule has 2 fully saturated rings. The van der Waals surface area contributed by atoms with Crippen LogP contribution in [0.15, 0.2) is 48.5 Å². The van der Waals surface area contributed by atoms with Crippen LogP contribution in [0.5, 0.6) is 0 Å².